The molecule has 0 heterocycles. The average Bonchev–Trinajstić information content (AvgIpc) is 2.52. The van der Waals surface area contributed by atoms with Crippen LogP contribution in [0.2, 0.25) is 5.02 Å². The molecule has 0 spiro atoms. The predicted octanol–water partition coefficient (Wildman–Crippen LogP) is 2.70. The third kappa shape index (κ3) is 3.32. The number of hydrogen-bond acceptors (Lipinski definition) is 6. The number of carbonyl (C=O) groups is 1. The second-order valence-electron chi connectivity index (χ2n) is 4.94. The van der Waals surface area contributed by atoms with Gasteiger partial charge in [0.1, 0.15) is 0 Å². The molecular formula is C16H15ClO6S. The minimum atomic E-state index is -3.44. The number of carbonyl (C=O) groups excluding carboxylic acids is 1. The lowest BCUT2D eigenvalue weighted by Crippen LogP contribution is -2.06. The SMILES string of the molecule is COc1ccc(C(=O)c2ccc(S(C)(=O)=O)cc2Cl)c(O)c1OC. The van der Waals surface area contributed by atoms with E-state index in [0.29, 0.717) is 0 Å². The lowest BCUT2D eigenvalue weighted by Gasteiger charge is -2.13. The Morgan fingerprint density at radius 2 is 1.71 bits per heavy atom. The number of aromatic hydroxyl groups is 1. The number of halogens is 1. The van der Waals surface area contributed by atoms with Gasteiger partial charge in [-0.2, -0.15) is 0 Å². The molecule has 2 aromatic carbocycles. The summed E-state index contributed by atoms with van der Waals surface area (Å²) in [6.45, 7) is 0. The number of phenols is 1. The summed E-state index contributed by atoms with van der Waals surface area (Å²) in [6, 6.07) is 6.63. The maximum atomic E-state index is 12.6. The summed E-state index contributed by atoms with van der Waals surface area (Å²) >= 11 is 6.04. The molecule has 6 nitrogen and oxygen atoms in total. The molecule has 2 rings (SSSR count). The van der Waals surface area contributed by atoms with Crippen LogP contribution in [0.1, 0.15) is 15.9 Å². The van der Waals surface area contributed by atoms with E-state index in [4.69, 9.17) is 21.1 Å². The zero-order chi connectivity index (χ0) is 18.1. The van der Waals surface area contributed by atoms with Crippen molar-refractivity contribution >= 4 is 27.2 Å². The maximum Gasteiger partial charge on any atom is 0.203 e. The Kier molecular flexibility index (Phi) is 5.05. The maximum absolute atomic E-state index is 12.6. The van der Waals surface area contributed by atoms with Crippen LogP contribution in [0.5, 0.6) is 17.2 Å². The predicted molar refractivity (Wildman–Crippen MR) is 89.2 cm³/mol. The monoisotopic (exact) mass is 370 g/mol. The van der Waals surface area contributed by atoms with E-state index in [9.17, 15) is 18.3 Å². The van der Waals surface area contributed by atoms with Gasteiger partial charge in [0.15, 0.2) is 27.1 Å². The number of benzene rings is 2. The van der Waals surface area contributed by atoms with E-state index in [2.05, 4.69) is 0 Å². The molecule has 0 saturated carbocycles. The zero-order valence-corrected chi connectivity index (χ0v) is 14.7. The molecule has 128 valence electrons. The van der Waals surface area contributed by atoms with Crippen LogP contribution < -0.4 is 9.47 Å². The van der Waals surface area contributed by atoms with Crippen LogP contribution in [0, 0.1) is 0 Å². The number of methoxy groups -OCH3 is 2. The highest BCUT2D eigenvalue weighted by atomic mass is 35.5. The van der Waals surface area contributed by atoms with Gasteiger partial charge in [0.2, 0.25) is 5.75 Å². The normalized spacial score (nSPS) is 11.2. The van der Waals surface area contributed by atoms with Crippen LogP contribution in [0.25, 0.3) is 0 Å². The Labute approximate surface area is 144 Å². The highest BCUT2D eigenvalue weighted by Gasteiger charge is 2.22. The fourth-order valence-electron chi connectivity index (χ4n) is 2.15. The molecule has 0 bridgehead atoms. The van der Waals surface area contributed by atoms with E-state index in [1.807, 2.05) is 0 Å². The van der Waals surface area contributed by atoms with E-state index in [-0.39, 0.29) is 38.3 Å². The van der Waals surface area contributed by atoms with Gasteiger partial charge < -0.3 is 14.6 Å². The summed E-state index contributed by atoms with van der Waals surface area (Å²) in [7, 11) is -0.707. The number of ketones is 1. The van der Waals surface area contributed by atoms with Crippen molar-refractivity contribution < 1.29 is 27.8 Å². The van der Waals surface area contributed by atoms with Gasteiger partial charge in [-0.15, -0.1) is 0 Å². The number of ether oxygens (including phenoxy) is 2. The summed E-state index contributed by atoms with van der Waals surface area (Å²) in [6.07, 6.45) is 1.04. The lowest BCUT2D eigenvalue weighted by atomic mass is 10.0. The highest BCUT2D eigenvalue weighted by molar-refractivity contribution is 7.90. The first-order chi connectivity index (χ1) is 11.2. The third-order valence-corrected chi connectivity index (χ3v) is 4.80. The molecule has 8 heteroatoms. The quantitative estimate of drug-likeness (QED) is 0.814. The van der Waals surface area contributed by atoms with Gasteiger partial charge in [-0.25, -0.2) is 8.42 Å². The Morgan fingerprint density at radius 3 is 2.21 bits per heavy atom. The summed E-state index contributed by atoms with van der Waals surface area (Å²) in [5.74, 6) is -0.666. The molecule has 0 aliphatic carbocycles. The van der Waals surface area contributed by atoms with Gasteiger partial charge in [0.25, 0.3) is 0 Å². The molecule has 0 aromatic heterocycles. The van der Waals surface area contributed by atoms with Crippen LogP contribution in [0.15, 0.2) is 35.2 Å². The summed E-state index contributed by atoms with van der Waals surface area (Å²) in [5.41, 5.74) is 0.0215. The summed E-state index contributed by atoms with van der Waals surface area (Å²) in [4.78, 5) is 12.6. The van der Waals surface area contributed by atoms with Crippen molar-refractivity contribution in [1.82, 2.24) is 0 Å². The van der Waals surface area contributed by atoms with Crippen LogP contribution in [0.3, 0.4) is 0 Å². The van der Waals surface area contributed by atoms with Gasteiger partial charge in [-0.05, 0) is 30.3 Å². The number of rotatable bonds is 5. The van der Waals surface area contributed by atoms with E-state index >= 15 is 0 Å². The molecule has 0 fully saturated rings. The van der Waals surface area contributed by atoms with Crippen molar-refractivity contribution in [2.24, 2.45) is 0 Å². The molecule has 2 aromatic rings. The molecule has 0 aliphatic rings. The minimum absolute atomic E-state index is 0.000540. The van der Waals surface area contributed by atoms with Crippen LogP contribution in [-0.4, -0.2) is 39.8 Å². The number of sulfone groups is 1. The molecule has 0 atom stereocenters. The second kappa shape index (κ2) is 6.70. The van der Waals surface area contributed by atoms with Crippen LogP contribution in [0.4, 0.5) is 0 Å². The van der Waals surface area contributed by atoms with Crippen LogP contribution >= 0.6 is 11.6 Å². The Hall–Kier alpha value is -2.25. The lowest BCUT2D eigenvalue weighted by molar-refractivity contribution is 0.103. The first-order valence-corrected chi connectivity index (χ1v) is 8.96. The number of phenolic OH excluding ortho intramolecular Hbond substituents is 1. The summed E-state index contributed by atoms with van der Waals surface area (Å²) in [5, 5.41) is 10.2. The fourth-order valence-corrected chi connectivity index (χ4v) is 3.13. The Morgan fingerprint density at radius 1 is 1.08 bits per heavy atom. The second-order valence-corrected chi connectivity index (χ2v) is 7.36. The summed E-state index contributed by atoms with van der Waals surface area (Å²) < 4.78 is 33.2. The van der Waals surface area contributed by atoms with Gasteiger partial charge in [-0.3, -0.25) is 4.79 Å². The van der Waals surface area contributed by atoms with Crippen molar-refractivity contribution in [3.05, 3.63) is 46.5 Å². The van der Waals surface area contributed by atoms with Crippen molar-refractivity contribution in [2.75, 3.05) is 20.5 Å². The fraction of sp³-hybridized carbons (Fsp3) is 0.188. The molecule has 0 unspecified atom stereocenters. The van der Waals surface area contributed by atoms with Crippen LogP contribution in [-0.2, 0) is 9.84 Å². The van der Waals surface area contributed by atoms with Crippen molar-refractivity contribution in [3.8, 4) is 17.2 Å². The first-order valence-electron chi connectivity index (χ1n) is 6.69. The molecule has 0 amide bonds. The van der Waals surface area contributed by atoms with Crippen molar-refractivity contribution in [2.45, 2.75) is 4.90 Å². The largest absolute Gasteiger partial charge is 0.504 e. The Balaban J connectivity index is 2.54. The molecule has 1 N–H and O–H groups in total. The average molecular weight is 371 g/mol. The zero-order valence-electron chi connectivity index (χ0n) is 13.2. The van der Waals surface area contributed by atoms with Gasteiger partial charge in [-0.1, -0.05) is 11.6 Å². The molecule has 0 aliphatic heterocycles. The Bertz CT molecular complexity index is 905. The topological polar surface area (TPSA) is 89.9 Å². The van der Waals surface area contributed by atoms with Gasteiger partial charge in [0, 0.05) is 11.8 Å². The van der Waals surface area contributed by atoms with E-state index < -0.39 is 15.6 Å². The van der Waals surface area contributed by atoms with Gasteiger partial charge >= 0.3 is 0 Å². The molecule has 24 heavy (non-hydrogen) atoms. The molecular weight excluding hydrogens is 356 g/mol. The van der Waals surface area contributed by atoms with Gasteiger partial charge in [0.05, 0.1) is 29.7 Å². The first kappa shape index (κ1) is 18.1. The smallest absolute Gasteiger partial charge is 0.203 e. The minimum Gasteiger partial charge on any atom is -0.504 e. The van der Waals surface area contributed by atoms with E-state index in [1.165, 1.54) is 44.6 Å². The third-order valence-electron chi connectivity index (χ3n) is 3.38. The van der Waals surface area contributed by atoms with E-state index in [1.54, 1.807) is 0 Å². The number of hydrogen-bond donors (Lipinski definition) is 1. The molecule has 0 radical (unpaired) electrons. The molecule has 0 saturated heterocycles. The van der Waals surface area contributed by atoms with Crippen molar-refractivity contribution in [1.29, 1.82) is 0 Å². The highest BCUT2D eigenvalue weighted by Crippen LogP contribution is 2.40. The van der Waals surface area contributed by atoms with Crippen molar-refractivity contribution in [3.63, 3.8) is 0 Å². The van der Waals surface area contributed by atoms with E-state index in [0.717, 1.165) is 6.26 Å². The standard InChI is InChI=1S/C16H15ClO6S/c1-22-13-7-6-11(15(19)16(13)23-2)14(18)10-5-4-9(8-12(10)17)24(3,20)21/h4-8,19H,1-3H3.